The Balaban J connectivity index is 1.37. The molecule has 2 saturated carbocycles. The van der Waals surface area contributed by atoms with Crippen LogP contribution in [0.3, 0.4) is 0 Å². The number of hydrogen-bond acceptors (Lipinski definition) is 4. The molecule has 1 spiro atoms. The third-order valence-electron chi connectivity index (χ3n) is 9.39. The number of hydrogen-bond donors (Lipinski definition) is 1. The fourth-order valence-electron chi connectivity index (χ4n) is 7.76. The Morgan fingerprint density at radius 1 is 1.16 bits per heavy atom. The summed E-state index contributed by atoms with van der Waals surface area (Å²) < 4.78 is 13.2. The topological polar surface area (TPSA) is 41.9 Å². The smallest absolute Gasteiger partial charge is 0.165 e. The summed E-state index contributed by atoms with van der Waals surface area (Å²) in [7, 11) is 0. The van der Waals surface area contributed by atoms with Crippen LogP contribution in [0.2, 0.25) is 0 Å². The van der Waals surface area contributed by atoms with Gasteiger partial charge in [0.1, 0.15) is 12.7 Å². The average molecular weight is 432 g/mol. The van der Waals surface area contributed by atoms with E-state index in [1.165, 1.54) is 29.5 Å². The fourth-order valence-corrected chi connectivity index (χ4v) is 7.76. The minimum absolute atomic E-state index is 0.0417. The van der Waals surface area contributed by atoms with E-state index in [1.807, 2.05) is 6.07 Å². The Hall–Kier alpha value is -2.04. The van der Waals surface area contributed by atoms with Crippen molar-refractivity contribution in [2.24, 2.45) is 5.92 Å². The zero-order valence-corrected chi connectivity index (χ0v) is 19.1. The minimum Gasteiger partial charge on any atom is -0.485 e. The second-order valence-electron chi connectivity index (χ2n) is 11.0. The van der Waals surface area contributed by atoms with Crippen LogP contribution in [0.25, 0.3) is 0 Å². The standard InChI is InChI=1S/C28H33NO3/c1-17-10-11-28(30)23-15-21-18(2)14-22(31-16-19-6-4-3-5-7-19)25-24(21)27(28,26(17)32-25)12-13-29(23)20-8-9-20/h3-7,14,17,20,23,26,30H,8-13,15-16H2,1-2H3/t17-,23+,26-,27-,28+/m0/s1. The number of nitrogens with zero attached hydrogens (tertiary/aromatic N) is 1. The first-order chi connectivity index (χ1) is 15.5. The van der Waals surface area contributed by atoms with Crippen LogP contribution in [0.1, 0.15) is 61.3 Å². The van der Waals surface area contributed by atoms with Crippen molar-refractivity contribution < 1.29 is 14.6 Å². The molecule has 2 heterocycles. The molecule has 2 aliphatic heterocycles. The molecule has 4 heteroatoms. The fraction of sp³-hybridized carbons (Fsp3) is 0.571. The molecule has 4 nitrogen and oxygen atoms in total. The monoisotopic (exact) mass is 431 g/mol. The maximum absolute atomic E-state index is 12.5. The molecule has 2 aromatic rings. The Morgan fingerprint density at radius 2 is 1.97 bits per heavy atom. The Kier molecular flexibility index (Phi) is 3.95. The molecule has 0 unspecified atom stereocenters. The maximum Gasteiger partial charge on any atom is 0.165 e. The molecule has 168 valence electrons. The van der Waals surface area contributed by atoms with E-state index in [-0.39, 0.29) is 17.6 Å². The molecule has 1 saturated heterocycles. The molecule has 7 rings (SSSR count). The van der Waals surface area contributed by atoms with E-state index in [1.54, 1.807) is 0 Å². The lowest BCUT2D eigenvalue weighted by Gasteiger charge is -2.64. The van der Waals surface area contributed by atoms with Crippen LogP contribution in [0.15, 0.2) is 36.4 Å². The molecule has 0 aromatic heterocycles. The maximum atomic E-state index is 12.5. The van der Waals surface area contributed by atoms with Gasteiger partial charge in [-0.1, -0.05) is 37.3 Å². The quantitative estimate of drug-likeness (QED) is 0.773. The second kappa shape index (κ2) is 6.51. The summed E-state index contributed by atoms with van der Waals surface area (Å²) in [6, 6.07) is 13.4. The molecule has 1 N–H and O–H groups in total. The average Bonchev–Trinajstić information content (AvgIpc) is 3.56. The first-order valence-corrected chi connectivity index (χ1v) is 12.5. The van der Waals surface area contributed by atoms with Gasteiger partial charge in [-0.3, -0.25) is 4.90 Å². The van der Waals surface area contributed by atoms with Gasteiger partial charge >= 0.3 is 0 Å². The van der Waals surface area contributed by atoms with Crippen molar-refractivity contribution in [3.63, 3.8) is 0 Å². The SMILES string of the molecule is Cc1cc(OCc2ccccc2)c2c3c1C[C@H]1N(C4CC4)CC[C@@]34[C@@H](O2)[C@@H](C)CC[C@@]14O. The van der Waals surface area contributed by atoms with Crippen molar-refractivity contribution in [1.29, 1.82) is 0 Å². The first-order valence-electron chi connectivity index (χ1n) is 12.5. The largest absolute Gasteiger partial charge is 0.485 e. The van der Waals surface area contributed by atoms with E-state index in [4.69, 9.17) is 9.47 Å². The van der Waals surface area contributed by atoms with Crippen LogP contribution in [0, 0.1) is 12.8 Å². The Labute approximate surface area is 190 Å². The Bertz CT molecular complexity index is 1080. The molecule has 2 bridgehead atoms. The number of benzene rings is 2. The Morgan fingerprint density at radius 3 is 2.75 bits per heavy atom. The van der Waals surface area contributed by atoms with Gasteiger partial charge < -0.3 is 14.6 Å². The van der Waals surface area contributed by atoms with Crippen molar-refractivity contribution in [2.45, 2.75) is 88.2 Å². The van der Waals surface area contributed by atoms with E-state index in [2.05, 4.69) is 49.1 Å². The molecule has 2 aromatic carbocycles. The zero-order chi connectivity index (χ0) is 21.7. The molecular formula is C28H33NO3. The van der Waals surface area contributed by atoms with Crippen LogP contribution >= 0.6 is 0 Å². The summed E-state index contributed by atoms with van der Waals surface area (Å²) in [5.41, 5.74) is 4.17. The van der Waals surface area contributed by atoms with E-state index in [0.29, 0.717) is 18.6 Å². The van der Waals surface area contributed by atoms with E-state index in [0.717, 1.165) is 49.3 Å². The van der Waals surface area contributed by atoms with Crippen molar-refractivity contribution >= 4 is 0 Å². The van der Waals surface area contributed by atoms with Crippen LogP contribution in [0.5, 0.6) is 11.5 Å². The summed E-state index contributed by atoms with van der Waals surface area (Å²) in [6.07, 6.45) is 6.47. The molecule has 5 aliphatic rings. The number of aryl methyl sites for hydroxylation is 1. The molecule has 3 aliphatic carbocycles. The molecule has 0 amide bonds. The molecule has 0 radical (unpaired) electrons. The van der Waals surface area contributed by atoms with Gasteiger partial charge in [0, 0.05) is 17.6 Å². The summed E-state index contributed by atoms with van der Waals surface area (Å²) in [6.45, 7) is 6.16. The lowest BCUT2D eigenvalue weighted by atomic mass is 9.47. The van der Waals surface area contributed by atoms with Gasteiger partial charge in [-0.25, -0.2) is 0 Å². The van der Waals surface area contributed by atoms with Crippen molar-refractivity contribution in [3.8, 4) is 11.5 Å². The first kappa shape index (κ1) is 19.4. The van der Waals surface area contributed by atoms with Crippen LogP contribution in [-0.4, -0.2) is 40.3 Å². The lowest BCUT2D eigenvalue weighted by Crippen LogP contribution is -2.76. The highest BCUT2D eigenvalue weighted by atomic mass is 16.5. The van der Waals surface area contributed by atoms with Crippen molar-refractivity contribution in [3.05, 3.63) is 58.7 Å². The number of aliphatic hydroxyl groups is 1. The predicted octanol–water partition coefficient (Wildman–Crippen LogP) is 4.53. The van der Waals surface area contributed by atoms with Gasteiger partial charge in [0.15, 0.2) is 11.5 Å². The summed E-state index contributed by atoms with van der Waals surface area (Å²) in [5.74, 6) is 2.22. The van der Waals surface area contributed by atoms with Crippen molar-refractivity contribution in [2.75, 3.05) is 6.54 Å². The van der Waals surface area contributed by atoms with Crippen molar-refractivity contribution in [1.82, 2.24) is 4.90 Å². The normalized spacial score (nSPS) is 37.0. The molecule has 32 heavy (non-hydrogen) atoms. The van der Waals surface area contributed by atoms with E-state index >= 15 is 0 Å². The lowest BCUT2D eigenvalue weighted by molar-refractivity contribution is -0.197. The second-order valence-corrected chi connectivity index (χ2v) is 11.0. The number of rotatable bonds is 4. The van der Waals surface area contributed by atoms with Gasteiger partial charge in [-0.2, -0.15) is 0 Å². The highest BCUT2D eigenvalue weighted by molar-refractivity contribution is 5.65. The van der Waals surface area contributed by atoms with Crippen LogP contribution in [-0.2, 0) is 18.4 Å². The van der Waals surface area contributed by atoms with Gasteiger partial charge in [0.25, 0.3) is 0 Å². The zero-order valence-electron chi connectivity index (χ0n) is 19.1. The minimum atomic E-state index is -0.701. The number of ether oxygens (including phenoxy) is 2. The summed E-state index contributed by atoms with van der Waals surface area (Å²) in [4.78, 5) is 2.67. The van der Waals surface area contributed by atoms with E-state index < -0.39 is 5.60 Å². The van der Waals surface area contributed by atoms with Gasteiger partial charge in [0.2, 0.25) is 0 Å². The van der Waals surface area contributed by atoms with Gasteiger partial charge in [-0.15, -0.1) is 0 Å². The number of likely N-dealkylation sites (tertiary alicyclic amines) is 1. The van der Waals surface area contributed by atoms with Crippen LogP contribution < -0.4 is 9.47 Å². The third kappa shape index (κ3) is 2.35. The number of piperidine rings is 1. The molecular weight excluding hydrogens is 398 g/mol. The van der Waals surface area contributed by atoms with Gasteiger partial charge in [-0.05, 0) is 80.7 Å². The highest BCUT2D eigenvalue weighted by Gasteiger charge is 2.73. The predicted molar refractivity (Wildman–Crippen MR) is 123 cm³/mol. The summed E-state index contributed by atoms with van der Waals surface area (Å²) in [5, 5.41) is 12.5. The van der Waals surface area contributed by atoms with E-state index in [9.17, 15) is 5.11 Å². The van der Waals surface area contributed by atoms with Crippen LogP contribution in [0.4, 0.5) is 0 Å². The molecule has 3 fully saturated rings. The van der Waals surface area contributed by atoms with Gasteiger partial charge in [0.05, 0.1) is 11.0 Å². The summed E-state index contributed by atoms with van der Waals surface area (Å²) >= 11 is 0. The molecule has 5 atom stereocenters. The highest BCUT2D eigenvalue weighted by Crippen LogP contribution is 2.67. The third-order valence-corrected chi connectivity index (χ3v) is 9.39.